The molecule has 1 aromatic heterocycles. The summed E-state index contributed by atoms with van der Waals surface area (Å²) in [4.78, 5) is 22.9. The zero-order valence-electron chi connectivity index (χ0n) is 12.1. The minimum absolute atomic E-state index is 0.0363. The van der Waals surface area contributed by atoms with Gasteiger partial charge < -0.3 is 4.74 Å². The third-order valence-electron chi connectivity index (χ3n) is 3.44. The molecule has 1 aromatic rings. The SMILES string of the molecule is COc1c(Cl)ncc([N+](=O)[O-])c1CC1(Cl)C=CC([N+](=O)[O-])=CC1Br. The molecule has 2 rings (SSSR count). The van der Waals surface area contributed by atoms with Crippen LogP contribution in [-0.2, 0) is 6.42 Å². The zero-order chi connectivity index (χ0) is 18.1. The lowest BCUT2D eigenvalue weighted by Gasteiger charge is -2.29. The second kappa shape index (κ2) is 7.04. The summed E-state index contributed by atoms with van der Waals surface area (Å²) in [5, 5.41) is 22.1. The molecule has 0 spiro atoms. The second-order valence-corrected chi connectivity index (χ2v) is 6.94. The fourth-order valence-electron chi connectivity index (χ4n) is 2.24. The van der Waals surface area contributed by atoms with Crippen molar-refractivity contribution in [1.82, 2.24) is 4.98 Å². The number of nitro groups is 2. The fraction of sp³-hybridized carbons (Fsp3) is 0.308. The molecule has 128 valence electrons. The van der Waals surface area contributed by atoms with Crippen LogP contribution in [0.15, 0.2) is 30.1 Å². The van der Waals surface area contributed by atoms with Crippen LogP contribution in [-0.4, -0.2) is 31.6 Å². The average Bonchev–Trinajstić information content (AvgIpc) is 2.50. The Morgan fingerprint density at radius 3 is 2.58 bits per heavy atom. The maximum atomic E-state index is 11.3. The molecule has 0 saturated heterocycles. The van der Waals surface area contributed by atoms with Gasteiger partial charge >= 0.3 is 0 Å². The summed E-state index contributed by atoms with van der Waals surface area (Å²) in [5.41, 5.74) is -0.264. The minimum Gasteiger partial charge on any atom is -0.493 e. The lowest BCUT2D eigenvalue weighted by molar-refractivity contribution is -0.419. The molecule has 24 heavy (non-hydrogen) atoms. The third kappa shape index (κ3) is 3.52. The second-order valence-electron chi connectivity index (χ2n) is 4.89. The Balaban J connectivity index is 2.48. The van der Waals surface area contributed by atoms with Crippen LogP contribution in [0, 0.1) is 20.2 Å². The summed E-state index contributed by atoms with van der Waals surface area (Å²) in [5.74, 6) is 0.0445. The Bertz CT molecular complexity index is 770. The molecule has 2 unspecified atom stereocenters. The molecule has 0 radical (unpaired) electrons. The predicted molar refractivity (Wildman–Crippen MR) is 91.7 cm³/mol. The van der Waals surface area contributed by atoms with E-state index in [9.17, 15) is 20.2 Å². The van der Waals surface area contributed by atoms with Crippen molar-refractivity contribution in [2.75, 3.05) is 7.11 Å². The van der Waals surface area contributed by atoms with Crippen LogP contribution < -0.4 is 4.74 Å². The van der Waals surface area contributed by atoms with E-state index in [4.69, 9.17) is 27.9 Å². The van der Waals surface area contributed by atoms with Crippen LogP contribution in [0.4, 0.5) is 5.69 Å². The zero-order valence-corrected chi connectivity index (χ0v) is 15.2. The van der Waals surface area contributed by atoms with Crippen LogP contribution in [0.25, 0.3) is 0 Å². The van der Waals surface area contributed by atoms with Crippen molar-refractivity contribution in [3.05, 3.63) is 61.1 Å². The van der Waals surface area contributed by atoms with E-state index in [-0.39, 0.29) is 34.3 Å². The normalized spacial score (nSPS) is 22.8. The molecule has 1 aliphatic carbocycles. The lowest BCUT2D eigenvalue weighted by atomic mass is 9.90. The van der Waals surface area contributed by atoms with Gasteiger partial charge in [-0.3, -0.25) is 20.2 Å². The standard InChI is InChI=1S/C13H10BrCl2N3O5/c1-24-11-8(9(19(22)23)6-17-12(11)15)5-13(16)3-2-7(18(20)21)4-10(13)14/h2-4,6,10H,5H2,1H3. The Morgan fingerprint density at radius 1 is 1.42 bits per heavy atom. The van der Waals surface area contributed by atoms with Crippen molar-refractivity contribution in [3.63, 3.8) is 0 Å². The highest BCUT2D eigenvalue weighted by atomic mass is 79.9. The summed E-state index contributed by atoms with van der Waals surface area (Å²) in [6, 6.07) is 0. The van der Waals surface area contributed by atoms with E-state index in [1.165, 1.54) is 25.3 Å². The van der Waals surface area contributed by atoms with Crippen molar-refractivity contribution in [2.24, 2.45) is 0 Å². The number of allylic oxidation sites excluding steroid dienone is 3. The minimum atomic E-state index is -1.18. The van der Waals surface area contributed by atoms with Crippen molar-refractivity contribution in [3.8, 4) is 5.75 Å². The molecule has 0 amide bonds. The Hall–Kier alpha value is -1.71. The first-order chi connectivity index (χ1) is 11.2. The number of hydrogen-bond acceptors (Lipinski definition) is 6. The molecule has 8 nitrogen and oxygen atoms in total. The summed E-state index contributed by atoms with van der Waals surface area (Å²) < 4.78 is 5.13. The molecular weight excluding hydrogens is 429 g/mol. The number of pyridine rings is 1. The van der Waals surface area contributed by atoms with Crippen LogP contribution in [0.3, 0.4) is 0 Å². The molecule has 0 aromatic carbocycles. The van der Waals surface area contributed by atoms with Crippen LogP contribution in [0.5, 0.6) is 5.75 Å². The maximum absolute atomic E-state index is 11.3. The number of rotatable bonds is 5. The van der Waals surface area contributed by atoms with Crippen molar-refractivity contribution in [1.29, 1.82) is 0 Å². The molecule has 11 heteroatoms. The highest BCUT2D eigenvalue weighted by molar-refractivity contribution is 9.09. The molecule has 1 heterocycles. The Kier molecular flexibility index (Phi) is 5.46. The van der Waals surface area contributed by atoms with Crippen molar-refractivity contribution in [2.45, 2.75) is 16.1 Å². The third-order valence-corrected chi connectivity index (χ3v) is 5.55. The van der Waals surface area contributed by atoms with E-state index in [0.717, 1.165) is 6.20 Å². The van der Waals surface area contributed by atoms with E-state index >= 15 is 0 Å². The number of methoxy groups -OCH3 is 1. The van der Waals surface area contributed by atoms with E-state index in [2.05, 4.69) is 20.9 Å². The van der Waals surface area contributed by atoms with Gasteiger partial charge in [-0.1, -0.05) is 33.6 Å². The van der Waals surface area contributed by atoms with Gasteiger partial charge in [0.05, 0.1) is 32.2 Å². The van der Waals surface area contributed by atoms with Gasteiger partial charge in [0.15, 0.2) is 10.9 Å². The highest BCUT2D eigenvalue weighted by Gasteiger charge is 2.40. The number of aromatic nitrogens is 1. The summed E-state index contributed by atoms with van der Waals surface area (Å²) in [6.45, 7) is 0. The predicted octanol–water partition coefficient (Wildman–Crippen LogP) is 3.67. The smallest absolute Gasteiger partial charge is 0.294 e. The van der Waals surface area contributed by atoms with Crippen LogP contribution in [0.1, 0.15) is 5.56 Å². The van der Waals surface area contributed by atoms with Gasteiger partial charge in [-0.2, -0.15) is 0 Å². The number of halogens is 3. The molecule has 0 saturated carbocycles. The quantitative estimate of drug-likeness (QED) is 0.300. The number of ether oxygens (including phenoxy) is 1. The number of hydrogen-bond donors (Lipinski definition) is 0. The maximum Gasteiger partial charge on any atom is 0.294 e. The average molecular weight is 439 g/mol. The Labute approximate surface area is 154 Å². The topological polar surface area (TPSA) is 108 Å². The fourth-order valence-corrected chi connectivity index (χ4v) is 3.32. The number of nitrogens with zero attached hydrogens (tertiary/aromatic N) is 3. The first kappa shape index (κ1) is 18.6. The van der Waals surface area contributed by atoms with Crippen LogP contribution >= 0.6 is 39.1 Å². The van der Waals surface area contributed by atoms with E-state index < -0.39 is 19.5 Å². The largest absolute Gasteiger partial charge is 0.493 e. The summed E-state index contributed by atoms with van der Waals surface area (Å²) in [7, 11) is 1.31. The monoisotopic (exact) mass is 437 g/mol. The first-order valence-corrected chi connectivity index (χ1v) is 8.11. The van der Waals surface area contributed by atoms with Gasteiger partial charge in [0.1, 0.15) is 6.20 Å². The van der Waals surface area contributed by atoms with Crippen molar-refractivity contribution < 1.29 is 14.6 Å². The van der Waals surface area contributed by atoms with Crippen LogP contribution in [0.2, 0.25) is 5.15 Å². The van der Waals surface area contributed by atoms with Gasteiger partial charge in [-0.25, -0.2) is 4.98 Å². The molecule has 0 N–H and O–H groups in total. The van der Waals surface area contributed by atoms with Gasteiger partial charge in [-0.05, 0) is 0 Å². The van der Waals surface area contributed by atoms with Gasteiger partial charge in [0.25, 0.3) is 11.4 Å². The highest BCUT2D eigenvalue weighted by Crippen LogP contribution is 2.42. The van der Waals surface area contributed by atoms with E-state index in [1.807, 2.05) is 0 Å². The Morgan fingerprint density at radius 2 is 2.08 bits per heavy atom. The number of alkyl halides is 2. The molecule has 2 atom stereocenters. The van der Waals surface area contributed by atoms with Gasteiger partial charge in [0.2, 0.25) is 0 Å². The van der Waals surface area contributed by atoms with Gasteiger partial charge in [0, 0.05) is 18.6 Å². The molecule has 0 bridgehead atoms. The molecule has 0 fully saturated rings. The summed E-state index contributed by atoms with van der Waals surface area (Å²) >= 11 is 15.8. The van der Waals surface area contributed by atoms with Gasteiger partial charge in [-0.15, -0.1) is 11.6 Å². The van der Waals surface area contributed by atoms with E-state index in [1.54, 1.807) is 0 Å². The summed E-state index contributed by atoms with van der Waals surface area (Å²) in [6.07, 6.45) is 4.97. The van der Waals surface area contributed by atoms with Crippen molar-refractivity contribution >= 4 is 44.8 Å². The van der Waals surface area contributed by atoms with E-state index in [0.29, 0.717) is 0 Å². The molecular formula is C13H10BrCl2N3O5. The first-order valence-electron chi connectivity index (χ1n) is 6.44. The molecule has 1 aliphatic rings. The molecule has 0 aliphatic heterocycles. The lowest BCUT2D eigenvalue weighted by Crippen LogP contribution is -2.35.